The fourth-order valence-electron chi connectivity index (χ4n) is 3.47. The van der Waals surface area contributed by atoms with Crippen LogP contribution in [0.4, 0.5) is 0 Å². The lowest BCUT2D eigenvalue weighted by atomic mass is 10.2. The molecular weight excluding hydrogens is 340 g/mol. The van der Waals surface area contributed by atoms with Gasteiger partial charge >= 0.3 is 0 Å². The Morgan fingerprint density at radius 2 is 1.88 bits per heavy atom. The van der Waals surface area contributed by atoms with Gasteiger partial charge in [-0.3, -0.25) is 9.80 Å². The van der Waals surface area contributed by atoms with E-state index in [0.717, 1.165) is 49.9 Å². The summed E-state index contributed by atoms with van der Waals surface area (Å²) in [5, 5.41) is 10.9. The van der Waals surface area contributed by atoms with Gasteiger partial charge in [0.25, 0.3) is 0 Å². The third kappa shape index (κ3) is 6.51. The zero-order valence-electron chi connectivity index (χ0n) is 14.8. The van der Waals surface area contributed by atoms with E-state index < -0.39 is 6.10 Å². The molecule has 0 aliphatic carbocycles. The molecule has 0 aromatic heterocycles. The monoisotopic (exact) mass is 368 g/mol. The summed E-state index contributed by atoms with van der Waals surface area (Å²) in [5.74, 6) is 0. The molecule has 2 atom stereocenters. The topological polar surface area (TPSA) is 45.2 Å². The number of ether oxygens (including phenoxy) is 2. The average molecular weight is 369 g/mol. The first kappa shape index (κ1) is 19.1. The molecule has 0 amide bonds. The van der Waals surface area contributed by atoms with Crippen LogP contribution in [0.1, 0.15) is 18.4 Å². The summed E-state index contributed by atoms with van der Waals surface area (Å²) in [6.45, 7) is 7.63. The maximum absolute atomic E-state index is 10.2. The smallest absolute Gasteiger partial charge is 0.0900 e. The van der Waals surface area contributed by atoms with E-state index in [-0.39, 0.29) is 0 Å². The first-order chi connectivity index (χ1) is 12.2. The summed E-state index contributed by atoms with van der Waals surface area (Å²) in [4.78, 5) is 4.80. The van der Waals surface area contributed by atoms with Crippen molar-refractivity contribution in [3.8, 4) is 0 Å². The van der Waals surface area contributed by atoms with Crippen LogP contribution in [-0.4, -0.2) is 79.6 Å². The predicted octanol–water partition coefficient (Wildman–Crippen LogP) is 2.01. The molecule has 2 aliphatic heterocycles. The van der Waals surface area contributed by atoms with E-state index in [0.29, 0.717) is 25.9 Å². The maximum atomic E-state index is 10.2. The van der Waals surface area contributed by atoms with Gasteiger partial charge in [0.2, 0.25) is 0 Å². The number of halogens is 1. The summed E-state index contributed by atoms with van der Waals surface area (Å²) in [5.41, 5.74) is 1.07. The molecule has 2 saturated heterocycles. The molecule has 1 aromatic carbocycles. The van der Waals surface area contributed by atoms with Gasteiger partial charge in [-0.2, -0.15) is 0 Å². The molecule has 3 rings (SSSR count). The standard InChI is InChI=1S/C19H29ClN2O3/c20-17-5-3-16(4-6-17)14-24-15-18(23)12-21-7-9-22(10-8-21)13-19-2-1-11-25-19/h3-6,18-19,23H,1-2,7-15H2/t18-,19-/m0/s1. The first-order valence-corrected chi connectivity index (χ1v) is 9.63. The van der Waals surface area contributed by atoms with Crippen LogP contribution in [0.2, 0.25) is 5.02 Å². The van der Waals surface area contributed by atoms with Crippen molar-refractivity contribution >= 4 is 11.6 Å². The van der Waals surface area contributed by atoms with Crippen molar-refractivity contribution in [1.29, 1.82) is 0 Å². The minimum atomic E-state index is -0.447. The molecule has 0 saturated carbocycles. The zero-order valence-corrected chi connectivity index (χ0v) is 15.5. The lowest BCUT2D eigenvalue weighted by Gasteiger charge is -2.36. The Hall–Kier alpha value is -0.690. The molecular formula is C19H29ClN2O3. The van der Waals surface area contributed by atoms with Crippen molar-refractivity contribution in [1.82, 2.24) is 9.80 Å². The Morgan fingerprint density at radius 1 is 1.16 bits per heavy atom. The highest BCUT2D eigenvalue weighted by Gasteiger charge is 2.23. The van der Waals surface area contributed by atoms with E-state index >= 15 is 0 Å². The number of hydrogen-bond donors (Lipinski definition) is 1. The molecule has 6 heteroatoms. The Kier molecular flexibility index (Phi) is 7.52. The Bertz CT molecular complexity index is 500. The van der Waals surface area contributed by atoms with Gasteiger partial charge in [-0.1, -0.05) is 23.7 Å². The van der Waals surface area contributed by atoms with Crippen LogP contribution < -0.4 is 0 Å². The molecule has 0 radical (unpaired) electrons. The molecule has 1 N–H and O–H groups in total. The van der Waals surface area contributed by atoms with Gasteiger partial charge in [-0.25, -0.2) is 0 Å². The average Bonchev–Trinajstić information content (AvgIpc) is 3.11. The van der Waals surface area contributed by atoms with Crippen LogP contribution in [0.3, 0.4) is 0 Å². The van der Waals surface area contributed by atoms with Crippen LogP contribution in [0, 0.1) is 0 Å². The minimum Gasteiger partial charge on any atom is -0.389 e. The highest BCUT2D eigenvalue weighted by Crippen LogP contribution is 2.15. The third-order valence-corrected chi connectivity index (χ3v) is 5.16. The van der Waals surface area contributed by atoms with Crippen LogP contribution in [0.5, 0.6) is 0 Å². The van der Waals surface area contributed by atoms with Crippen LogP contribution in [0.25, 0.3) is 0 Å². The molecule has 25 heavy (non-hydrogen) atoms. The van der Waals surface area contributed by atoms with Crippen LogP contribution in [-0.2, 0) is 16.1 Å². The predicted molar refractivity (Wildman–Crippen MR) is 99.0 cm³/mol. The molecule has 0 spiro atoms. The van der Waals surface area contributed by atoms with E-state index in [1.54, 1.807) is 0 Å². The third-order valence-electron chi connectivity index (χ3n) is 4.91. The molecule has 2 fully saturated rings. The second kappa shape index (κ2) is 9.86. The summed E-state index contributed by atoms with van der Waals surface area (Å²) >= 11 is 5.87. The van der Waals surface area contributed by atoms with Gasteiger partial charge in [0.15, 0.2) is 0 Å². The molecule has 140 valence electrons. The van der Waals surface area contributed by atoms with Gasteiger partial charge in [0.1, 0.15) is 0 Å². The number of rotatable bonds is 8. The van der Waals surface area contributed by atoms with Gasteiger partial charge in [-0.05, 0) is 30.5 Å². The fourth-order valence-corrected chi connectivity index (χ4v) is 3.60. The van der Waals surface area contributed by atoms with E-state index in [9.17, 15) is 5.11 Å². The van der Waals surface area contributed by atoms with Gasteiger partial charge in [-0.15, -0.1) is 0 Å². The highest BCUT2D eigenvalue weighted by molar-refractivity contribution is 6.30. The summed E-state index contributed by atoms with van der Waals surface area (Å²) in [7, 11) is 0. The second-order valence-electron chi connectivity index (χ2n) is 7.03. The summed E-state index contributed by atoms with van der Waals surface area (Å²) in [6.07, 6.45) is 2.38. The largest absolute Gasteiger partial charge is 0.389 e. The quantitative estimate of drug-likeness (QED) is 0.760. The maximum Gasteiger partial charge on any atom is 0.0900 e. The second-order valence-corrected chi connectivity index (χ2v) is 7.47. The number of piperazine rings is 1. The molecule has 2 aliphatic rings. The van der Waals surface area contributed by atoms with Crippen molar-refractivity contribution < 1.29 is 14.6 Å². The molecule has 5 nitrogen and oxygen atoms in total. The Balaban J connectivity index is 1.28. The van der Waals surface area contributed by atoms with Crippen LogP contribution in [0.15, 0.2) is 24.3 Å². The van der Waals surface area contributed by atoms with E-state index in [1.165, 1.54) is 12.8 Å². The van der Waals surface area contributed by atoms with E-state index in [1.807, 2.05) is 24.3 Å². The lowest BCUT2D eigenvalue weighted by molar-refractivity contribution is -0.00344. The van der Waals surface area contributed by atoms with Gasteiger partial charge < -0.3 is 14.6 Å². The minimum absolute atomic E-state index is 0.360. The van der Waals surface area contributed by atoms with Crippen molar-refractivity contribution in [3.05, 3.63) is 34.9 Å². The van der Waals surface area contributed by atoms with Crippen molar-refractivity contribution in [3.63, 3.8) is 0 Å². The lowest BCUT2D eigenvalue weighted by Crippen LogP contribution is -2.50. The molecule has 2 heterocycles. The number of β-amino-alcohol motifs (C(OH)–C–C–N with tert-alkyl or cyclic N) is 1. The van der Waals surface area contributed by atoms with Gasteiger partial charge in [0, 0.05) is 50.9 Å². The van der Waals surface area contributed by atoms with Crippen LogP contribution >= 0.6 is 11.6 Å². The number of benzene rings is 1. The van der Waals surface area contributed by atoms with Crippen molar-refractivity contribution in [2.45, 2.75) is 31.7 Å². The van der Waals surface area contributed by atoms with E-state index in [2.05, 4.69) is 9.80 Å². The molecule has 0 unspecified atom stereocenters. The zero-order chi connectivity index (χ0) is 17.5. The normalized spacial score (nSPS) is 23.8. The first-order valence-electron chi connectivity index (χ1n) is 9.25. The SMILES string of the molecule is O[C@H](COCc1ccc(Cl)cc1)CN1CCN(C[C@@H]2CCCO2)CC1. The van der Waals surface area contributed by atoms with Crippen molar-refractivity contribution in [2.75, 3.05) is 52.5 Å². The van der Waals surface area contributed by atoms with Gasteiger partial charge in [0.05, 0.1) is 25.4 Å². The number of hydrogen-bond acceptors (Lipinski definition) is 5. The number of nitrogens with zero attached hydrogens (tertiary/aromatic N) is 2. The van der Waals surface area contributed by atoms with Crippen molar-refractivity contribution in [2.24, 2.45) is 0 Å². The Morgan fingerprint density at radius 3 is 2.56 bits per heavy atom. The highest BCUT2D eigenvalue weighted by atomic mass is 35.5. The molecule has 0 bridgehead atoms. The Labute approximate surface area is 155 Å². The number of aliphatic hydroxyl groups excluding tert-OH is 1. The molecule has 1 aromatic rings. The number of aliphatic hydroxyl groups is 1. The summed E-state index contributed by atoms with van der Waals surface area (Å²) in [6, 6.07) is 7.60. The van der Waals surface area contributed by atoms with E-state index in [4.69, 9.17) is 21.1 Å². The fraction of sp³-hybridized carbons (Fsp3) is 0.684. The summed E-state index contributed by atoms with van der Waals surface area (Å²) < 4.78 is 11.3.